The van der Waals surface area contributed by atoms with Gasteiger partial charge in [-0.05, 0) is 19.8 Å². The number of amides is 2. The van der Waals surface area contributed by atoms with Crippen LogP contribution in [0.15, 0.2) is 0 Å². The van der Waals surface area contributed by atoms with Gasteiger partial charge in [-0.3, -0.25) is 4.79 Å². The first-order valence-electron chi connectivity index (χ1n) is 5.77. The van der Waals surface area contributed by atoms with E-state index in [2.05, 4.69) is 15.4 Å². The molecule has 18 heavy (non-hydrogen) atoms. The van der Waals surface area contributed by atoms with Crippen LogP contribution >= 0.6 is 0 Å². The van der Waals surface area contributed by atoms with Crippen LogP contribution in [0.2, 0.25) is 0 Å². The largest absolute Gasteiger partial charge is 0.480 e. The highest BCUT2D eigenvalue weighted by Crippen LogP contribution is 2.00. The second-order valence-electron chi connectivity index (χ2n) is 3.93. The number of urea groups is 1. The lowest BCUT2D eigenvalue weighted by Gasteiger charge is -2.17. The minimum Gasteiger partial charge on any atom is -0.480 e. The number of nitrogens with one attached hydrogen (secondary N) is 2. The van der Waals surface area contributed by atoms with Gasteiger partial charge < -0.3 is 20.5 Å². The normalized spacial score (nSPS) is 13.3. The Balaban J connectivity index is 4.23. The van der Waals surface area contributed by atoms with Crippen molar-refractivity contribution in [3.8, 4) is 0 Å². The highest BCUT2D eigenvalue weighted by Gasteiger charge is 2.21. The lowest BCUT2D eigenvalue weighted by molar-refractivity contribution is -0.142. The molecular weight excluding hydrogens is 240 g/mol. The van der Waals surface area contributed by atoms with Gasteiger partial charge in [-0.25, -0.2) is 9.59 Å². The summed E-state index contributed by atoms with van der Waals surface area (Å²) in [4.78, 5) is 33.2. The van der Waals surface area contributed by atoms with E-state index in [-0.39, 0.29) is 18.9 Å². The average Bonchev–Trinajstić information content (AvgIpc) is 2.33. The Hall–Kier alpha value is -1.79. The van der Waals surface area contributed by atoms with Crippen molar-refractivity contribution in [1.82, 2.24) is 10.6 Å². The molecule has 7 heteroatoms. The predicted molar refractivity (Wildman–Crippen MR) is 64.1 cm³/mol. The van der Waals surface area contributed by atoms with E-state index in [1.807, 2.05) is 13.8 Å². The second-order valence-corrected chi connectivity index (χ2v) is 3.93. The van der Waals surface area contributed by atoms with Crippen molar-refractivity contribution in [3.05, 3.63) is 0 Å². The Kier molecular flexibility index (Phi) is 7.50. The third kappa shape index (κ3) is 6.72. The SMILES string of the molecule is CCC(C)NC(=O)N[C@H](CCC(=O)OC)C(=O)O. The summed E-state index contributed by atoms with van der Waals surface area (Å²) < 4.78 is 4.41. The van der Waals surface area contributed by atoms with E-state index in [9.17, 15) is 14.4 Å². The van der Waals surface area contributed by atoms with Crippen molar-refractivity contribution in [2.24, 2.45) is 0 Å². The number of methoxy groups -OCH3 is 1. The maximum absolute atomic E-state index is 11.4. The molecule has 2 amide bonds. The van der Waals surface area contributed by atoms with E-state index in [4.69, 9.17) is 5.11 Å². The quantitative estimate of drug-likeness (QED) is 0.578. The first-order valence-corrected chi connectivity index (χ1v) is 5.77. The zero-order valence-electron chi connectivity index (χ0n) is 10.9. The highest BCUT2D eigenvalue weighted by molar-refractivity contribution is 5.83. The van der Waals surface area contributed by atoms with E-state index < -0.39 is 24.0 Å². The molecule has 0 aliphatic rings. The summed E-state index contributed by atoms with van der Waals surface area (Å²) >= 11 is 0. The van der Waals surface area contributed by atoms with Gasteiger partial charge in [0, 0.05) is 12.5 Å². The molecule has 0 saturated carbocycles. The number of carboxylic acids is 1. The van der Waals surface area contributed by atoms with Gasteiger partial charge in [0.1, 0.15) is 6.04 Å². The fourth-order valence-electron chi connectivity index (χ4n) is 1.15. The topological polar surface area (TPSA) is 105 Å². The van der Waals surface area contributed by atoms with E-state index in [0.717, 1.165) is 6.42 Å². The molecular formula is C11H20N2O5. The van der Waals surface area contributed by atoms with Crippen molar-refractivity contribution in [2.75, 3.05) is 7.11 Å². The molecule has 3 N–H and O–H groups in total. The van der Waals surface area contributed by atoms with Gasteiger partial charge in [-0.1, -0.05) is 6.92 Å². The third-order valence-corrected chi connectivity index (χ3v) is 2.46. The summed E-state index contributed by atoms with van der Waals surface area (Å²) in [5, 5.41) is 13.8. The first kappa shape index (κ1) is 16.2. The van der Waals surface area contributed by atoms with Gasteiger partial charge in [0.15, 0.2) is 0 Å². The number of hydrogen-bond acceptors (Lipinski definition) is 4. The summed E-state index contributed by atoms with van der Waals surface area (Å²) in [6, 6.07) is -1.70. The molecule has 104 valence electrons. The van der Waals surface area contributed by atoms with Crippen LogP contribution in [0.4, 0.5) is 4.79 Å². The average molecular weight is 260 g/mol. The Morgan fingerprint density at radius 2 is 1.89 bits per heavy atom. The minimum absolute atomic E-state index is 0.00404. The van der Waals surface area contributed by atoms with Gasteiger partial charge in [0.2, 0.25) is 0 Å². The second kappa shape index (κ2) is 8.32. The molecule has 0 bridgehead atoms. The molecule has 0 radical (unpaired) electrons. The number of carbonyl (C=O) groups is 3. The standard InChI is InChI=1S/C11H20N2O5/c1-4-7(2)12-11(17)13-8(10(15)16)5-6-9(14)18-3/h7-8H,4-6H2,1-3H3,(H,15,16)(H2,12,13,17)/t7?,8-/m1/s1. The first-order chi connectivity index (χ1) is 8.40. The number of hydrogen-bond donors (Lipinski definition) is 3. The van der Waals surface area contributed by atoms with Crippen LogP contribution in [0.25, 0.3) is 0 Å². The van der Waals surface area contributed by atoms with Crippen molar-refractivity contribution in [3.63, 3.8) is 0 Å². The molecule has 0 aliphatic heterocycles. The van der Waals surface area contributed by atoms with E-state index >= 15 is 0 Å². The monoisotopic (exact) mass is 260 g/mol. The molecule has 1 unspecified atom stereocenters. The van der Waals surface area contributed by atoms with Crippen LogP contribution in [0.3, 0.4) is 0 Å². The molecule has 0 aliphatic carbocycles. The van der Waals surface area contributed by atoms with Crippen LogP contribution in [0.5, 0.6) is 0 Å². The van der Waals surface area contributed by atoms with Gasteiger partial charge in [-0.15, -0.1) is 0 Å². The number of ether oxygens (including phenoxy) is 1. The third-order valence-electron chi connectivity index (χ3n) is 2.46. The van der Waals surface area contributed by atoms with Gasteiger partial charge in [0.05, 0.1) is 7.11 Å². The fourth-order valence-corrected chi connectivity index (χ4v) is 1.15. The molecule has 0 heterocycles. The van der Waals surface area contributed by atoms with Crippen LogP contribution in [0, 0.1) is 0 Å². The summed E-state index contributed by atoms with van der Waals surface area (Å²) in [6.45, 7) is 3.71. The van der Waals surface area contributed by atoms with E-state index in [0.29, 0.717) is 0 Å². The van der Waals surface area contributed by atoms with Crippen molar-refractivity contribution >= 4 is 18.0 Å². The van der Waals surface area contributed by atoms with E-state index in [1.54, 1.807) is 0 Å². The number of carbonyl (C=O) groups excluding carboxylic acids is 2. The molecule has 0 rings (SSSR count). The minimum atomic E-state index is -1.18. The van der Waals surface area contributed by atoms with Crippen molar-refractivity contribution < 1.29 is 24.2 Å². The molecule has 0 aromatic heterocycles. The molecule has 7 nitrogen and oxygen atoms in total. The molecule has 2 atom stereocenters. The van der Waals surface area contributed by atoms with Crippen LogP contribution in [0.1, 0.15) is 33.1 Å². The Labute approximate surface area is 106 Å². The van der Waals surface area contributed by atoms with Crippen molar-refractivity contribution in [1.29, 1.82) is 0 Å². The highest BCUT2D eigenvalue weighted by atomic mass is 16.5. The maximum atomic E-state index is 11.4. The number of carboxylic acid groups (broad SMARTS) is 1. The molecule has 0 spiro atoms. The van der Waals surface area contributed by atoms with Crippen LogP contribution < -0.4 is 10.6 Å². The smallest absolute Gasteiger partial charge is 0.326 e. The summed E-state index contributed by atoms with van der Waals surface area (Å²) in [6.07, 6.45) is 0.681. The fraction of sp³-hybridized carbons (Fsp3) is 0.727. The van der Waals surface area contributed by atoms with Gasteiger partial charge in [0.25, 0.3) is 0 Å². The lowest BCUT2D eigenvalue weighted by atomic mass is 10.1. The number of aliphatic carboxylic acids is 1. The lowest BCUT2D eigenvalue weighted by Crippen LogP contribution is -2.48. The summed E-state index contributed by atoms with van der Waals surface area (Å²) in [5.41, 5.74) is 0. The predicted octanol–water partition coefficient (Wildman–Crippen LogP) is 0.491. The Morgan fingerprint density at radius 3 is 2.33 bits per heavy atom. The van der Waals surface area contributed by atoms with Gasteiger partial charge >= 0.3 is 18.0 Å². The number of rotatable bonds is 7. The summed E-state index contributed by atoms with van der Waals surface area (Å²) in [5.74, 6) is -1.69. The molecule has 0 saturated heterocycles. The van der Waals surface area contributed by atoms with Crippen molar-refractivity contribution in [2.45, 2.75) is 45.2 Å². The molecule has 0 aromatic carbocycles. The number of esters is 1. The van der Waals surface area contributed by atoms with E-state index in [1.165, 1.54) is 7.11 Å². The zero-order valence-corrected chi connectivity index (χ0v) is 10.9. The Bertz CT molecular complexity index is 306. The Morgan fingerprint density at radius 1 is 1.28 bits per heavy atom. The zero-order chi connectivity index (χ0) is 14.1. The summed E-state index contributed by atoms with van der Waals surface area (Å²) in [7, 11) is 1.22. The van der Waals surface area contributed by atoms with Crippen LogP contribution in [-0.2, 0) is 14.3 Å². The molecule has 0 fully saturated rings. The van der Waals surface area contributed by atoms with Crippen LogP contribution in [-0.4, -0.2) is 42.3 Å². The van der Waals surface area contributed by atoms with Gasteiger partial charge in [-0.2, -0.15) is 0 Å². The molecule has 0 aromatic rings. The maximum Gasteiger partial charge on any atom is 0.326 e.